The standard InChI is InChI=1S/C14H20N2O3/c1-11-3-2-4-13(14(11)16(17)18)19-10-7-12-5-8-15-9-6-12/h2-4,12,15H,5-10H2,1H3. The Labute approximate surface area is 113 Å². The van der Waals surface area contributed by atoms with Crippen LogP contribution in [0.1, 0.15) is 24.8 Å². The first-order valence-electron chi connectivity index (χ1n) is 6.76. The number of benzene rings is 1. The maximum Gasteiger partial charge on any atom is 0.313 e. The van der Waals surface area contributed by atoms with Gasteiger partial charge in [0.1, 0.15) is 0 Å². The number of hydrogen-bond acceptors (Lipinski definition) is 4. The van der Waals surface area contributed by atoms with Crippen molar-refractivity contribution in [2.24, 2.45) is 5.92 Å². The Morgan fingerprint density at radius 2 is 2.16 bits per heavy atom. The molecule has 0 unspecified atom stereocenters. The molecule has 0 spiro atoms. The van der Waals surface area contributed by atoms with Gasteiger partial charge >= 0.3 is 5.69 Å². The van der Waals surface area contributed by atoms with E-state index in [-0.39, 0.29) is 10.6 Å². The summed E-state index contributed by atoms with van der Waals surface area (Å²) in [6, 6.07) is 5.20. The molecule has 0 aromatic heterocycles. The van der Waals surface area contributed by atoms with E-state index >= 15 is 0 Å². The number of rotatable bonds is 5. The molecule has 0 saturated carbocycles. The first kappa shape index (κ1) is 13.8. The molecule has 1 fully saturated rings. The summed E-state index contributed by atoms with van der Waals surface area (Å²) in [5.74, 6) is 1.06. The van der Waals surface area contributed by atoms with Gasteiger partial charge in [-0.15, -0.1) is 0 Å². The Kier molecular flexibility index (Phi) is 4.74. The Bertz CT molecular complexity index is 442. The highest BCUT2D eigenvalue weighted by Gasteiger charge is 2.19. The molecule has 5 nitrogen and oxygen atoms in total. The van der Waals surface area contributed by atoms with Crippen LogP contribution in [0.15, 0.2) is 18.2 Å². The number of nitro benzene ring substituents is 1. The third kappa shape index (κ3) is 3.67. The average molecular weight is 264 g/mol. The maximum atomic E-state index is 11.0. The van der Waals surface area contributed by atoms with Gasteiger partial charge in [-0.1, -0.05) is 12.1 Å². The molecule has 104 valence electrons. The molecule has 1 aromatic carbocycles. The molecule has 2 rings (SSSR count). The fourth-order valence-electron chi connectivity index (χ4n) is 2.49. The zero-order valence-corrected chi connectivity index (χ0v) is 11.2. The van der Waals surface area contributed by atoms with Gasteiger partial charge in [-0.3, -0.25) is 10.1 Å². The summed E-state index contributed by atoms with van der Waals surface area (Å²) in [6.45, 7) is 4.41. The van der Waals surface area contributed by atoms with E-state index in [0.29, 0.717) is 23.8 Å². The van der Waals surface area contributed by atoms with Gasteiger partial charge in [0.2, 0.25) is 0 Å². The van der Waals surface area contributed by atoms with Crippen LogP contribution >= 0.6 is 0 Å². The molecule has 1 saturated heterocycles. The van der Waals surface area contributed by atoms with E-state index in [2.05, 4.69) is 5.32 Å². The van der Waals surface area contributed by atoms with Crippen LogP contribution in [-0.2, 0) is 0 Å². The lowest BCUT2D eigenvalue weighted by Gasteiger charge is -2.22. The van der Waals surface area contributed by atoms with Crippen LogP contribution in [-0.4, -0.2) is 24.6 Å². The molecule has 0 aliphatic carbocycles. The number of piperidine rings is 1. The predicted octanol–water partition coefficient (Wildman–Crippen LogP) is 2.67. The fraction of sp³-hybridized carbons (Fsp3) is 0.571. The van der Waals surface area contributed by atoms with Gasteiger partial charge in [-0.25, -0.2) is 0 Å². The lowest BCUT2D eigenvalue weighted by molar-refractivity contribution is -0.386. The van der Waals surface area contributed by atoms with E-state index in [9.17, 15) is 10.1 Å². The average Bonchev–Trinajstić information content (AvgIpc) is 2.39. The summed E-state index contributed by atoms with van der Waals surface area (Å²) in [6.07, 6.45) is 3.30. The number of nitro groups is 1. The van der Waals surface area contributed by atoms with E-state index in [0.717, 1.165) is 19.5 Å². The van der Waals surface area contributed by atoms with Crippen LogP contribution in [0.2, 0.25) is 0 Å². The predicted molar refractivity (Wildman–Crippen MR) is 73.5 cm³/mol. The molecule has 1 N–H and O–H groups in total. The molecule has 1 heterocycles. The lowest BCUT2D eigenvalue weighted by Crippen LogP contribution is -2.28. The van der Waals surface area contributed by atoms with E-state index in [1.165, 1.54) is 12.8 Å². The lowest BCUT2D eigenvalue weighted by atomic mass is 9.95. The Balaban J connectivity index is 1.92. The van der Waals surface area contributed by atoms with Gasteiger partial charge in [0.25, 0.3) is 0 Å². The van der Waals surface area contributed by atoms with E-state index in [4.69, 9.17) is 4.74 Å². The van der Waals surface area contributed by atoms with Gasteiger partial charge in [-0.05, 0) is 51.3 Å². The van der Waals surface area contributed by atoms with Crippen molar-refractivity contribution >= 4 is 5.69 Å². The molecule has 0 amide bonds. The van der Waals surface area contributed by atoms with Crippen molar-refractivity contribution in [3.05, 3.63) is 33.9 Å². The van der Waals surface area contributed by atoms with Crippen molar-refractivity contribution in [1.29, 1.82) is 0 Å². The van der Waals surface area contributed by atoms with Gasteiger partial charge < -0.3 is 10.1 Å². The number of para-hydroxylation sites is 1. The third-order valence-electron chi connectivity index (χ3n) is 3.63. The first-order valence-corrected chi connectivity index (χ1v) is 6.76. The van der Waals surface area contributed by atoms with Crippen molar-refractivity contribution in [2.45, 2.75) is 26.2 Å². The summed E-state index contributed by atoms with van der Waals surface area (Å²) in [5, 5.41) is 14.3. The monoisotopic (exact) mass is 264 g/mol. The van der Waals surface area contributed by atoms with Crippen LogP contribution in [0, 0.1) is 23.0 Å². The summed E-state index contributed by atoms with van der Waals surface area (Å²) in [4.78, 5) is 10.7. The topological polar surface area (TPSA) is 64.4 Å². The van der Waals surface area contributed by atoms with Gasteiger partial charge in [0, 0.05) is 5.56 Å². The Morgan fingerprint density at radius 3 is 2.84 bits per heavy atom. The molecule has 0 bridgehead atoms. The molecular weight excluding hydrogens is 244 g/mol. The number of nitrogens with zero attached hydrogens (tertiary/aromatic N) is 1. The minimum atomic E-state index is -0.366. The van der Waals surface area contributed by atoms with Crippen molar-refractivity contribution in [3.63, 3.8) is 0 Å². The van der Waals surface area contributed by atoms with Gasteiger partial charge in [0.15, 0.2) is 5.75 Å². The van der Waals surface area contributed by atoms with Crippen molar-refractivity contribution < 1.29 is 9.66 Å². The smallest absolute Gasteiger partial charge is 0.313 e. The van der Waals surface area contributed by atoms with Crippen LogP contribution in [0.3, 0.4) is 0 Å². The van der Waals surface area contributed by atoms with Gasteiger partial charge in [0.05, 0.1) is 11.5 Å². The normalized spacial score (nSPS) is 16.3. The van der Waals surface area contributed by atoms with Crippen LogP contribution in [0.25, 0.3) is 0 Å². The van der Waals surface area contributed by atoms with E-state index in [1.807, 2.05) is 0 Å². The number of aryl methyl sites for hydroxylation is 1. The highest BCUT2D eigenvalue weighted by molar-refractivity contribution is 5.51. The van der Waals surface area contributed by atoms with Crippen LogP contribution in [0.4, 0.5) is 5.69 Å². The summed E-state index contributed by atoms with van der Waals surface area (Å²) in [7, 11) is 0. The third-order valence-corrected chi connectivity index (χ3v) is 3.63. The van der Waals surface area contributed by atoms with Crippen LogP contribution in [0.5, 0.6) is 5.75 Å². The van der Waals surface area contributed by atoms with Crippen molar-refractivity contribution in [2.75, 3.05) is 19.7 Å². The Hall–Kier alpha value is -1.62. The first-order chi connectivity index (χ1) is 9.18. The second kappa shape index (κ2) is 6.52. The Morgan fingerprint density at radius 1 is 1.42 bits per heavy atom. The summed E-state index contributed by atoms with van der Waals surface area (Å²) < 4.78 is 5.62. The minimum absolute atomic E-state index is 0.0906. The fourth-order valence-corrected chi connectivity index (χ4v) is 2.49. The van der Waals surface area contributed by atoms with Crippen molar-refractivity contribution in [1.82, 2.24) is 5.32 Å². The number of ether oxygens (including phenoxy) is 1. The number of hydrogen-bond donors (Lipinski definition) is 1. The minimum Gasteiger partial charge on any atom is -0.487 e. The molecule has 1 aliphatic heterocycles. The van der Waals surface area contributed by atoms with Crippen molar-refractivity contribution in [3.8, 4) is 5.75 Å². The molecule has 0 radical (unpaired) electrons. The van der Waals surface area contributed by atoms with E-state index < -0.39 is 0 Å². The molecule has 19 heavy (non-hydrogen) atoms. The zero-order valence-electron chi connectivity index (χ0n) is 11.2. The molecule has 1 aliphatic rings. The number of nitrogens with one attached hydrogen (secondary N) is 1. The highest BCUT2D eigenvalue weighted by atomic mass is 16.6. The second-order valence-electron chi connectivity index (χ2n) is 5.01. The largest absolute Gasteiger partial charge is 0.487 e. The molecule has 1 aromatic rings. The summed E-state index contributed by atoms with van der Waals surface area (Å²) >= 11 is 0. The van der Waals surface area contributed by atoms with E-state index in [1.54, 1.807) is 25.1 Å². The van der Waals surface area contributed by atoms with Gasteiger partial charge in [-0.2, -0.15) is 0 Å². The second-order valence-corrected chi connectivity index (χ2v) is 5.01. The van der Waals surface area contributed by atoms with Crippen LogP contribution < -0.4 is 10.1 Å². The molecular formula is C14H20N2O3. The maximum absolute atomic E-state index is 11.0. The SMILES string of the molecule is Cc1cccc(OCCC2CCNCC2)c1[N+](=O)[O-]. The summed E-state index contributed by atoms with van der Waals surface area (Å²) in [5.41, 5.74) is 0.733. The highest BCUT2D eigenvalue weighted by Crippen LogP contribution is 2.30. The molecule has 5 heteroatoms. The zero-order chi connectivity index (χ0) is 13.7. The quantitative estimate of drug-likeness (QED) is 0.656. The molecule has 0 atom stereocenters.